The zero-order valence-corrected chi connectivity index (χ0v) is 20.9. The highest BCUT2D eigenvalue weighted by atomic mass is 35.5. The van der Waals surface area contributed by atoms with E-state index >= 15 is 0 Å². The van der Waals surface area contributed by atoms with Crippen LogP contribution in [0.25, 0.3) is 0 Å². The Morgan fingerprint density at radius 2 is 1.69 bits per heavy atom. The topological polar surface area (TPSA) is 57.6 Å². The van der Waals surface area contributed by atoms with Crippen LogP contribution in [-0.4, -0.2) is 46.3 Å². The van der Waals surface area contributed by atoms with Crippen LogP contribution in [0.5, 0.6) is 0 Å². The molecule has 4 aliphatic carbocycles. The van der Waals surface area contributed by atoms with Crippen molar-refractivity contribution in [3.63, 3.8) is 0 Å². The summed E-state index contributed by atoms with van der Waals surface area (Å²) in [4.78, 5) is 28.0. The van der Waals surface area contributed by atoms with Crippen LogP contribution in [0.1, 0.15) is 78.6 Å². The molecule has 2 heterocycles. The van der Waals surface area contributed by atoms with E-state index in [0.29, 0.717) is 66.0 Å². The minimum atomic E-state index is -0.582. The molecule has 0 amide bonds. The molecule has 0 spiro atoms. The van der Waals surface area contributed by atoms with Gasteiger partial charge >= 0.3 is 0 Å². The van der Waals surface area contributed by atoms with Gasteiger partial charge in [-0.3, -0.25) is 14.5 Å². The molecular weight excluding hydrogens is 422 g/mol. The summed E-state index contributed by atoms with van der Waals surface area (Å²) in [6.45, 7) is 9.15. The van der Waals surface area contributed by atoms with Gasteiger partial charge in [-0.15, -0.1) is 12.4 Å². The molecule has 4 saturated carbocycles. The van der Waals surface area contributed by atoms with Gasteiger partial charge in [-0.1, -0.05) is 13.8 Å². The fraction of sp³-hybridized carbons (Fsp3) is 0.926. The van der Waals surface area contributed by atoms with Crippen LogP contribution in [-0.2, 0) is 9.59 Å². The summed E-state index contributed by atoms with van der Waals surface area (Å²) in [6.07, 6.45) is 8.75. The lowest BCUT2D eigenvalue weighted by molar-refractivity contribution is -0.175. The summed E-state index contributed by atoms with van der Waals surface area (Å²) in [5.41, 5.74) is -0.554. The SMILES string of the molecule is C[C@H]1CC[C@@H]2N(C1)C[C@H]1[C@@H]3C[C@H]4[C@@H](CC(=O)[C@H]5CC(=O)CC[C@@]54C)[C@@H]3CC[C@H]1[C@]2(C)O.Cl. The number of piperidine rings is 2. The second-order valence-electron chi connectivity index (χ2n) is 13.0. The number of halogens is 1. The predicted molar refractivity (Wildman–Crippen MR) is 127 cm³/mol. The summed E-state index contributed by atoms with van der Waals surface area (Å²) in [6, 6.07) is 0.331. The van der Waals surface area contributed by atoms with Crippen molar-refractivity contribution in [1.29, 1.82) is 0 Å². The maximum Gasteiger partial charge on any atom is 0.137 e. The molecule has 11 atom stereocenters. The van der Waals surface area contributed by atoms with Crippen LogP contribution in [0.3, 0.4) is 0 Å². The van der Waals surface area contributed by atoms with Crippen LogP contribution < -0.4 is 0 Å². The smallest absolute Gasteiger partial charge is 0.137 e. The van der Waals surface area contributed by atoms with E-state index in [9.17, 15) is 14.7 Å². The van der Waals surface area contributed by atoms with Crippen LogP contribution in [0.2, 0.25) is 0 Å². The number of carbonyl (C=O) groups excluding carboxylic acids is 2. The molecule has 6 aliphatic rings. The highest BCUT2D eigenvalue weighted by Crippen LogP contribution is 2.66. The van der Waals surface area contributed by atoms with Crippen molar-refractivity contribution < 1.29 is 14.7 Å². The first-order chi connectivity index (χ1) is 14.7. The van der Waals surface area contributed by atoms with Gasteiger partial charge in [-0.05, 0) is 92.3 Å². The average molecular weight is 464 g/mol. The molecule has 32 heavy (non-hydrogen) atoms. The third-order valence-corrected chi connectivity index (χ3v) is 11.7. The Balaban J connectivity index is 0.00000216. The standard InChI is InChI=1S/C27H41NO3.ClH/c1-15-4-7-25-27(3,31)21-6-5-17-18(20(21)14-28(25)13-15)11-22-19(17)12-24(30)23-10-16(29)8-9-26(22,23)2;/h15,17-23,25,31H,4-14H2,1-3H3;1H/t15-,17+,18+,19-,20-,21+,22-,23+,25-,26+,27-;/m0./s1. The third kappa shape index (κ3) is 3.14. The zero-order chi connectivity index (χ0) is 21.7. The van der Waals surface area contributed by atoms with Gasteiger partial charge in [0.1, 0.15) is 11.6 Å². The van der Waals surface area contributed by atoms with Crippen molar-refractivity contribution in [2.45, 2.75) is 90.2 Å². The number of hydrogen-bond donors (Lipinski definition) is 1. The molecule has 5 heteroatoms. The Hall–Kier alpha value is -0.450. The van der Waals surface area contributed by atoms with E-state index < -0.39 is 5.60 Å². The number of ketones is 2. The normalized spacial score (nSPS) is 55.1. The molecule has 1 N–H and O–H groups in total. The Morgan fingerprint density at radius 1 is 0.906 bits per heavy atom. The highest BCUT2D eigenvalue weighted by molar-refractivity contribution is 5.90. The van der Waals surface area contributed by atoms with Crippen LogP contribution in [0.4, 0.5) is 0 Å². The van der Waals surface area contributed by atoms with E-state index in [1.807, 2.05) is 0 Å². The molecule has 6 fully saturated rings. The summed E-state index contributed by atoms with van der Waals surface area (Å²) in [5.74, 6) is 4.81. The molecule has 6 rings (SSSR count). The third-order valence-electron chi connectivity index (χ3n) is 11.7. The number of rotatable bonds is 0. The van der Waals surface area contributed by atoms with E-state index in [1.54, 1.807) is 0 Å². The number of fused-ring (bicyclic) bond motifs is 8. The van der Waals surface area contributed by atoms with Gasteiger partial charge in [0.05, 0.1) is 5.60 Å². The number of nitrogens with zero attached hydrogens (tertiary/aromatic N) is 1. The predicted octanol–water partition coefficient (Wildman–Crippen LogP) is 4.52. The van der Waals surface area contributed by atoms with E-state index in [0.717, 1.165) is 44.7 Å². The van der Waals surface area contributed by atoms with Gasteiger partial charge in [0.15, 0.2) is 0 Å². The maximum atomic E-state index is 13.2. The highest BCUT2D eigenvalue weighted by Gasteiger charge is 2.64. The maximum absolute atomic E-state index is 13.2. The van der Waals surface area contributed by atoms with Gasteiger partial charge in [0, 0.05) is 44.3 Å². The van der Waals surface area contributed by atoms with Crippen molar-refractivity contribution in [2.24, 2.45) is 52.8 Å². The summed E-state index contributed by atoms with van der Waals surface area (Å²) < 4.78 is 0. The largest absolute Gasteiger partial charge is 0.388 e. The Bertz CT molecular complexity index is 798. The number of Topliss-reactive ketones (excluding diaryl/α,β-unsaturated/α-hetero) is 2. The van der Waals surface area contributed by atoms with Gasteiger partial charge in [0.25, 0.3) is 0 Å². The van der Waals surface area contributed by atoms with E-state index in [2.05, 4.69) is 25.7 Å². The van der Waals surface area contributed by atoms with E-state index in [4.69, 9.17) is 0 Å². The number of carbonyl (C=O) groups is 2. The summed E-state index contributed by atoms with van der Waals surface area (Å²) in [7, 11) is 0. The van der Waals surface area contributed by atoms with Crippen molar-refractivity contribution in [2.75, 3.05) is 13.1 Å². The fourth-order valence-corrected chi connectivity index (χ4v) is 10.2. The molecular formula is C27H42ClNO3. The first-order valence-electron chi connectivity index (χ1n) is 13.2. The quantitative estimate of drug-likeness (QED) is 0.574. The van der Waals surface area contributed by atoms with Crippen molar-refractivity contribution in [1.82, 2.24) is 4.90 Å². The summed E-state index contributed by atoms with van der Waals surface area (Å²) >= 11 is 0. The average Bonchev–Trinajstić information content (AvgIpc) is 3.09. The Labute approximate surface area is 199 Å². The lowest BCUT2D eigenvalue weighted by atomic mass is 9.52. The van der Waals surface area contributed by atoms with Crippen molar-refractivity contribution in [3.8, 4) is 0 Å². The van der Waals surface area contributed by atoms with Crippen LogP contribution in [0.15, 0.2) is 0 Å². The molecule has 0 unspecified atom stereocenters. The molecule has 0 aromatic carbocycles. The van der Waals surface area contributed by atoms with Crippen molar-refractivity contribution >= 4 is 24.0 Å². The zero-order valence-electron chi connectivity index (χ0n) is 20.1. The minimum Gasteiger partial charge on any atom is -0.388 e. The number of aliphatic hydroxyl groups is 1. The molecule has 4 nitrogen and oxygen atoms in total. The molecule has 2 aliphatic heterocycles. The van der Waals surface area contributed by atoms with Gasteiger partial charge in [0.2, 0.25) is 0 Å². The van der Waals surface area contributed by atoms with Gasteiger partial charge in [-0.2, -0.15) is 0 Å². The minimum absolute atomic E-state index is 0. The molecule has 0 aromatic rings. The lowest BCUT2D eigenvalue weighted by Gasteiger charge is -2.59. The van der Waals surface area contributed by atoms with Gasteiger partial charge in [-0.25, -0.2) is 0 Å². The van der Waals surface area contributed by atoms with E-state index in [1.165, 1.54) is 19.3 Å². The molecule has 0 radical (unpaired) electrons. The Morgan fingerprint density at radius 3 is 2.47 bits per heavy atom. The van der Waals surface area contributed by atoms with Crippen LogP contribution >= 0.6 is 12.4 Å². The molecule has 0 aromatic heterocycles. The monoisotopic (exact) mass is 463 g/mol. The number of hydrogen-bond acceptors (Lipinski definition) is 4. The fourth-order valence-electron chi connectivity index (χ4n) is 10.2. The summed E-state index contributed by atoms with van der Waals surface area (Å²) in [5, 5.41) is 11.8. The van der Waals surface area contributed by atoms with E-state index in [-0.39, 0.29) is 23.7 Å². The van der Waals surface area contributed by atoms with Crippen LogP contribution in [0, 0.1) is 52.8 Å². The second-order valence-corrected chi connectivity index (χ2v) is 13.0. The lowest BCUT2D eigenvalue weighted by Crippen LogP contribution is -2.67. The molecule has 0 bridgehead atoms. The second kappa shape index (κ2) is 7.78. The Kier molecular flexibility index (Phi) is 5.67. The first-order valence-corrected chi connectivity index (χ1v) is 13.2. The first kappa shape index (κ1) is 23.3. The molecule has 180 valence electrons. The van der Waals surface area contributed by atoms with Gasteiger partial charge < -0.3 is 5.11 Å². The molecule has 2 saturated heterocycles. The van der Waals surface area contributed by atoms with Crippen molar-refractivity contribution in [3.05, 3.63) is 0 Å².